The number of pyridine rings is 1. The van der Waals surface area contributed by atoms with E-state index in [0.29, 0.717) is 29.6 Å². The SMILES string of the molecule is CCN(CC(=O)N(C)C)Cc1nc(NN)ccc1Cl. The molecule has 0 aliphatic carbocycles. The molecular formula is C12H20ClN5O. The van der Waals surface area contributed by atoms with E-state index in [9.17, 15) is 4.79 Å². The van der Waals surface area contributed by atoms with Gasteiger partial charge in [-0.3, -0.25) is 9.69 Å². The summed E-state index contributed by atoms with van der Waals surface area (Å²) in [5.74, 6) is 5.92. The van der Waals surface area contributed by atoms with E-state index in [0.717, 1.165) is 6.54 Å². The van der Waals surface area contributed by atoms with E-state index in [1.54, 1.807) is 31.1 Å². The predicted molar refractivity (Wildman–Crippen MR) is 76.7 cm³/mol. The summed E-state index contributed by atoms with van der Waals surface area (Å²) < 4.78 is 0. The number of nitrogens with zero attached hydrogens (tertiary/aromatic N) is 3. The van der Waals surface area contributed by atoms with Gasteiger partial charge in [0.15, 0.2) is 0 Å². The van der Waals surface area contributed by atoms with Crippen LogP contribution in [0.5, 0.6) is 0 Å². The fourth-order valence-corrected chi connectivity index (χ4v) is 1.66. The summed E-state index contributed by atoms with van der Waals surface area (Å²) in [5.41, 5.74) is 3.18. The average molecular weight is 286 g/mol. The lowest BCUT2D eigenvalue weighted by Crippen LogP contribution is -2.36. The summed E-state index contributed by atoms with van der Waals surface area (Å²) in [6.45, 7) is 3.56. The minimum Gasteiger partial charge on any atom is -0.348 e. The third kappa shape index (κ3) is 4.66. The molecule has 0 aliphatic heterocycles. The zero-order valence-corrected chi connectivity index (χ0v) is 12.2. The van der Waals surface area contributed by atoms with Gasteiger partial charge in [-0.15, -0.1) is 0 Å². The van der Waals surface area contributed by atoms with Crippen LogP contribution in [0, 0.1) is 0 Å². The van der Waals surface area contributed by atoms with Gasteiger partial charge in [-0.2, -0.15) is 0 Å². The van der Waals surface area contributed by atoms with Crippen LogP contribution in [-0.4, -0.2) is 47.9 Å². The van der Waals surface area contributed by atoms with E-state index < -0.39 is 0 Å². The monoisotopic (exact) mass is 285 g/mol. The van der Waals surface area contributed by atoms with Gasteiger partial charge in [-0.05, 0) is 18.7 Å². The van der Waals surface area contributed by atoms with Gasteiger partial charge in [0.05, 0.1) is 17.3 Å². The Morgan fingerprint density at radius 1 is 1.47 bits per heavy atom. The lowest BCUT2D eigenvalue weighted by atomic mass is 10.3. The Hall–Kier alpha value is -1.37. The number of carbonyl (C=O) groups excluding carboxylic acids is 1. The van der Waals surface area contributed by atoms with Crippen molar-refractivity contribution in [3.8, 4) is 0 Å². The van der Waals surface area contributed by atoms with Crippen molar-refractivity contribution in [1.82, 2.24) is 14.8 Å². The first-order valence-corrected chi connectivity index (χ1v) is 6.40. The summed E-state index contributed by atoms with van der Waals surface area (Å²) in [6, 6.07) is 3.44. The highest BCUT2D eigenvalue weighted by atomic mass is 35.5. The summed E-state index contributed by atoms with van der Waals surface area (Å²) in [7, 11) is 3.47. The van der Waals surface area contributed by atoms with Gasteiger partial charge in [0.25, 0.3) is 0 Å². The first-order chi connectivity index (χ1) is 8.97. The Bertz CT molecular complexity index is 438. The Morgan fingerprint density at radius 2 is 2.16 bits per heavy atom. The fourth-order valence-electron chi connectivity index (χ4n) is 1.50. The number of halogens is 1. The highest BCUT2D eigenvalue weighted by Crippen LogP contribution is 2.18. The molecule has 0 saturated carbocycles. The number of nitrogen functional groups attached to an aromatic ring is 1. The molecule has 1 heterocycles. The highest BCUT2D eigenvalue weighted by Gasteiger charge is 2.13. The van der Waals surface area contributed by atoms with Crippen molar-refractivity contribution in [2.75, 3.05) is 32.6 Å². The number of hydrazine groups is 1. The predicted octanol–water partition coefficient (Wildman–Crippen LogP) is 0.931. The topological polar surface area (TPSA) is 74.5 Å². The van der Waals surface area contributed by atoms with Crippen molar-refractivity contribution >= 4 is 23.3 Å². The average Bonchev–Trinajstić information content (AvgIpc) is 2.39. The molecule has 1 aromatic rings. The van der Waals surface area contributed by atoms with E-state index >= 15 is 0 Å². The van der Waals surface area contributed by atoms with Crippen LogP contribution in [0.25, 0.3) is 0 Å². The molecule has 3 N–H and O–H groups in total. The number of rotatable bonds is 6. The molecule has 1 amide bonds. The molecule has 19 heavy (non-hydrogen) atoms. The number of hydrogen-bond acceptors (Lipinski definition) is 5. The molecule has 106 valence electrons. The number of aromatic nitrogens is 1. The van der Waals surface area contributed by atoms with Gasteiger partial charge < -0.3 is 10.3 Å². The number of anilines is 1. The summed E-state index contributed by atoms with van der Waals surface area (Å²) >= 11 is 6.10. The molecule has 0 atom stereocenters. The van der Waals surface area contributed by atoms with Gasteiger partial charge in [0, 0.05) is 20.6 Å². The Morgan fingerprint density at radius 3 is 2.68 bits per heavy atom. The Kier molecular flexibility index (Phi) is 6.01. The van der Waals surface area contributed by atoms with E-state index in [4.69, 9.17) is 17.4 Å². The molecule has 0 saturated heterocycles. The Balaban J connectivity index is 2.77. The van der Waals surface area contributed by atoms with Crippen molar-refractivity contribution in [1.29, 1.82) is 0 Å². The Labute approximate surface area is 118 Å². The largest absolute Gasteiger partial charge is 0.348 e. The number of hydrogen-bond donors (Lipinski definition) is 2. The van der Waals surface area contributed by atoms with Crippen LogP contribution < -0.4 is 11.3 Å². The number of nitrogens with two attached hydrogens (primary N) is 1. The second kappa shape index (κ2) is 7.28. The molecule has 7 heteroatoms. The molecule has 0 radical (unpaired) electrons. The second-order valence-corrected chi connectivity index (χ2v) is 4.77. The maximum atomic E-state index is 11.7. The van der Waals surface area contributed by atoms with Gasteiger partial charge in [0.2, 0.25) is 5.91 Å². The van der Waals surface area contributed by atoms with Crippen molar-refractivity contribution in [3.05, 3.63) is 22.8 Å². The van der Waals surface area contributed by atoms with E-state index in [-0.39, 0.29) is 5.91 Å². The molecule has 1 rings (SSSR count). The molecule has 0 unspecified atom stereocenters. The van der Waals surface area contributed by atoms with E-state index in [2.05, 4.69) is 10.4 Å². The minimum absolute atomic E-state index is 0.0473. The van der Waals surface area contributed by atoms with E-state index in [1.807, 2.05) is 11.8 Å². The molecular weight excluding hydrogens is 266 g/mol. The van der Waals surface area contributed by atoms with Crippen LogP contribution in [-0.2, 0) is 11.3 Å². The zero-order chi connectivity index (χ0) is 14.4. The third-order valence-corrected chi connectivity index (χ3v) is 3.09. The molecule has 0 aliphatic rings. The summed E-state index contributed by atoms with van der Waals surface area (Å²) in [4.78, 5) is 19.5. The van der Waals surface area contributed by atoms with Crippen LogP contribution in [0.4, 0.5) is 5.82 Å². The van der Waals surface area contributed by atoms with E-state index in [1.165, 1.54) is 0 Å². The maximum Gasteiger partial charge on any atom is 0.236 e. The third-order valence-electron chi connectivity index (χ3n) is 2.74. The van der Waals surface area contributed by atoms with Crippen molar-refractivity contribution < 1.29 is 4.79 Å². The van der Waals surface area contributed by atoms with Crippen molar-refractivity contribution in [3.63, 3.8) is 0 Å². The first kappa shape index (κ1) is 15.7. The van der Waals surface area contributed by atoms with Gasteiger partial charge in [-0.1, -0.05) is 18.5 Å². The zero-order valence-electron chi connectivity index (χ0n) is 11.5. The maximum absolute atomic E-state index is 11.7. The molecule has 0 aromatic carbocycles. The van der Waals surface area contributed by atoms with Crippen LogP contribution in [0.15, 0.2) is 12.1 Å². The van der Waals surface area contributed by atoms with Gasteiger partial charge in [0.1, 0.15) is 5.82 Å². The highest BCUT2D eigenvalue weighted by molar-refractivity contribution is 6.31. The van der Waals surface area contributed by atoms with Crippen LogP contribution in [0.1, 0.15) is 12.6 Å². The minimum atomic E-state index is 0.0473. The van der Waals surface area contributed by atoms with Crippen LogP contribution in [0.3, 0.4) is 0 Å². The van der Waals surface area contributed by atoms with Crippen molar-refractivity contribution in [2.24, 2.45) is 5.84 Å². The molecule has 0 fully saturated rings. The van der Waals surface area contributed by atoms with Crippen LogP contribution >= 0.6 is 11.6 Å². The molecule has 0 spiro atoms. The lowest BCUT2D eigenvalue weighted by molar-refractivity contribution is -0.130. The molecule has 0 bridgehead atoms. The molecule has 6 nitrogen and oxygen atoms in total. The van der Waals surface area contributed by atoms with Crippen LogP contribution in [0.2, 0.25) is 5.02 Å². The lowest BCUT2D eigenvalue weighted by Gasteiger charge is -2.22. The standard InChI is InChI=1S/C12H20ClN5O/c1-4-18(8-12(19)17(2)3)7-10-9(13)5-6-11(15-10)16-14/h5-6H,4,7-8,14H2,1-3H3,(H,15,16). The summed E-state index contributed by atoms with van der Waals surface area (Å²) in [5, 5.41) is 0.565. The summed E-state index contributed by atoms with van der Waals surface area (Å²) in [6.07, 6.45) is 0. The smallest absolute Gasteiger partial charge is 0.236 e. The van der Waals surface area contributed by atoms with Gasteiger partial charge >= 0.3 is 0 Å². The second-order valence-electron chi connectivity index (χ2n) is 4.36. The fraction of sp³-hybridized carbons (Fsp3) is 0.500. The normalized spacial score (nSPS) is 10.6. The molecule has 1 aromatic heterocycles. The van der Waals surface area contributed by atoms with Crippen molar-refractivity contribution in [2.45, 2.75) is 13.5 Å². The quantitative estimate of drug-likeness (QED) is 0.601. The first-order valence-electron chi connectivity index (χ1n) is 6.02. The number of likely N-dealkylation sites (N-methyl/N-ethyl adjacent to an activating group) is 2. The number of carbonyl (C=O) groups is 1. The number of amides is 1. The van der Waals surface area contributed by atoms with Gasteiger partial charge in [-0.25, -0.2) is 10.8 Å². The number of nitrogens with one attached hydrogen (secondary N) is 1.